The van der Waals surface area contributed by atoms with Gasteiger partial charge >= 0.3 is 6.01 Å². The van der Waals surface area contributed by atoms with Crippen LogP contribution in [-0.2, 0) is 9.59 Å². The Morgan fingerprint density at radius 2 is 2.03 bits per heavy atom. The van der Waals surface area contributed by atoms with Crippen LogP contribution in [0.1, 0.15) is 13.3 Å². The number of likely N-dealkylation sites (N-methyl/N-ethyl adjacent to an activating group) is 1. The topological polar surface area (TPSA) is 121 Å². The molecule has 0 unspecified atom stereocenters. The molecule has 1 fully saturated rings. The minimum absolute atomic E-state index is 0.100. The van der Waals surface area contributed by atoms with Gasteiger partial charge in [-0.05, 0) is 45.6 Å². The third kappa shape index (κ3) is 7.16. The number of carbonyl (C=O) groups excluding carboxylic acids is 1. The summed E-state index contributed by atoms with van der Waals surface area (Å²) in [7, 11) is 2.10. The lowest BCUT2D eigenvalue weighted by atomic mass is 10.2. The Balaban J connectivity index is 0.000000941. The van der Waals surface area contributed by atoms with Gasteiger partial charge in [-0.1, -0.05) is 17.2 Å². The first-order valence-electron chi connectivity index (χ1n) is 9.41. The van der Waals surface area contributed by atoms with Gasteiger partial charge < -0.3 is 19.2 Å². The van der Waals surface area contributed by atoms with E-state index in [0.29, 0.717) is 30.4 Å². The Kier molecular flexibility index (Phi) is 9.06. The van der Waals surface area contributed by atoms with E-state index in [4.69, 9.17) is 19.1 Å². The van der Waals surface area contributed by atoms with Crippen LogP contribution in [0, 0.1) is 0 Å². The highest BCUT2D eigenvalue weighted by Crippen LogP contribution is 2.29. The number of nitrogens with one attached hydrogen (secondary N) is 1. The van der Waals surface area contributed by atoms with Gasteiger partial charge in [0.05, 0.1) is 18.7 Å². The first-order valence-corrected chi connectivity index (χ1v) is 9.41. The van der Waals surface area contributed by atoms with E-state index in [1.165, 1.54) is 0 Å². The molecular weight excluding hydrogens is 378 g/mol. The van der Waals surface area contributed by atoms with Gasteiger partial charge in [0, 0.05) is 13.1 Å². The largest absolute Gasteiger partial charge is 0.493 e. The van der Waals surface area contributed by atoms with Crippen LogP contribution >= 0.6 is 0 Å². The molecule has 0 atom stereocenters. The normalized spacial score (nSPS) is 15.0. The van der Waals surface area contributed by atoms with Crippen molar-refractivity contribution in [3.05, 3.63) is 24.3 Å². The molecule has 0 spiro atoms. The van der Waals surface area contributed by atoms with Crippen LogP contribution in [0.4, 0.5) is 6.01 Å². The quantitative estimate of drug-likeness (QED) is 0.687. The van der Waals surface area contributed by atoms with Crippen LogP contribution in [0.25, 0.3) is 11.5 Å². The SMILES string of the molecule is CCOc1ccccc1-c1nnc(NC(=O)CN2CCCN(C)CC2)o1.O=CO. The van der Waals surface area contributed by atoms with E-state index in [2.05, 4.69) is 32.4 Å². The highest BCUT2D eigenvalue weighted by Gasteiger charge is 2.18. The number of nitrogens with zero attached hydrogens (tertiary/aromatic N) is 4. The number of anilines is 1. The molecule has 158 valence electrons. The summed E-state index contributed by atoms with van der Waals surface area (Å²) in [6, 6.07) is 7.54. The first-order chi connectivity index (χ1) is 14.1. The number of ether oxygens (including phenoxy) is 1. The van der Waals surface area contributed by atoms with E-state index in [1.54, 1.807) is 0 Å². The summed E-state index contributed by atoms with van der Waals surface area (Å²) >= 11 is 0. The molecule has 1 aromatic heterocycles. The predicted molar refractivity (Wildman–Crippen MR) is 107 cm³/mol. The number of benzene rings is 1. The summed E-state index contributed by atoms with van der Waals surface area (Å²) in [4.78, 5) is 25.0. The second-order valence-electron chi connectivity index (χ2n) is 6.43. The van der Waals surface area contributed by atoms with E-state index < -0.39 is 0 Å². The average molecular weight is 405 g/mol. The van der Waals surface area contributed by atoms with Gasteiger partial charge in [0.25, 0.3) is 12.4 Å². The molecule has 3 rings (SSSR count). The van der Waals surface area contributed by atoms with Crippen molar-refractivity contribution in [1.82, 2.24) is 20.0 Å². The molecule has 1 aliphatic heterocycles. The van der Waals surface area contributed by atoms with Crippen molar-refractivity contribution in [2.45, 2.75) is 13.3 Å². The Morgan fingerprint density at radius 1 is 1.28 bits per heavy atom. The predicted octanol–water partition coefficient (Wildman–Crippen LogP) is 1.41. The number of rotatable bonds is 6. The molecular formula is C19H27N5O5. The van der Waals surface area contributed by atoms with Gasteiger partial charge in [0.1, 0.15) is 5.75 Å². The molecule has 1 saturated heterocycles. The van der Waals surface area contributed by atoms with Gasteiger partial charge in [0.15, 0.2) is 0 Å². The molecule has 0 bridgehead atoms. The molecule has 10 heteroatoms. The second-order valence-corrected chi connectivity index (χ2v) is 6.43. The van der Waals surface area contributed by atoms with Crippen molar-refractivity contribution in [3.63, 3.8) is 0 Å². The van der Waals surface area contributed by atoms with E-state index >= 15 is 0 Å². The van der Waals surface area contributed by atoms with Gasteiger partial charge in [0.2, 0.25) is 5.91 Å². The summed E-state index contributed by atoms with van der Waals surface area (Å²) in [6.45, 7) is 6.34. The summed E-state index contributed by atoms with van der Waals surface area (Å²) in [5.74, 6) is 0.841. The summed E-state index contributed by atoms with van der Waals surface area (Å²) in [5, 5.41) is 17.5. The van der Waals surface area contributed by atoms with E-state index in [1.807, 2.05) is 31.2 Å². The molecule has 1 aliphatic rings. The Hall–Kier alpha value is -2.98. The maximum atomic E-state index is 12.3. The van der Waals surface area contributed by atoms with E-state index in [0.717, 1.165) is 32.6 Å². The highest BCUT2D eigenvalue weighted by molar-refractivity contribution is 5.90. The van der Waals surface area contributed by atoms with Crippen LogP contribution in [0.2, 0.25) is 0 Å². The molecule has 1 amide bonds. The minimum Gasteiger partial charge on any atom is -0.493 e. The average Bonchev–Trinajstić information content (AvgIpc) is 3.05. The zero-order valence-corrected chi connectivity index (χ0v) is 16.7. The third-order valence-corrected chi connectivity index (χ3v) is 4.27. The maximum absolute atomic E-state index is 12.3. The van der Waals surface area contributed by atoms with Crippen LogP contribution in [0.15, 0.2) is 28.7 Å². The fourth-order valence-electron chi connectivity index (χ4n) is 2.93. The minimum atomic E-state index is -0.250. The highest BCUT2D eigenvalue weighted by atomic mass is 16.5. The van der Waals surface area contributed by atoms with Crippen LogP contribution < -0.4 is 10.1 Å². The van der Waals surface area contributed by atoms with Crippen LogP contribution in [0.3, 0.4) is 0 Å². The number of aromatic nitrogens is 2. The molecule has 29 heavy (non-hydrogen) atoms. The monoisotopic (exact) mass is 405 g/mol. The fourth-order valence-corrected chi connectivity index (χ4v) is 2.93. The zero-order valence-electron chi connectivity index (χ0n) is 16.7. The standard InChI is InChI=1S/C18H25N5O3.CH2O2/c1-3-25-15-8-5-4-7-14(15)17-20-21-18(26-17)19-16(24)13-23-10-6-9-22(2)11-12-23;2-1-3/h4-5,7-8H,3,6,9-13H2,1-2H3,(H,19,21,24);1H,(H,2,3). The van der Waals surface area contributed by atoms with E-state index in [-0.39, 0.29) is 18.4 Å². The maximum Gasteiger partial charge on any atom is 0.322 e. The second kappa shape index (κ2) is 11.8. The van der Waals surface area contributed by atoms with Crippen molar-refractivity contribution >= 4 is 18.4 Å². The Labute approximate surface area is 169 Å². The van der Waals surface area contributed by atoms with Gasteiger partial charge in [-0.3, -0.25) is 19.8 Å². The number of carboxylic acid groups (broad SMARTS) is 1. The Bertz CT molecular complexity index is 782. The molecule has 0 radical (unpaired) electrons. The number of hydrogen-bond donors (Lipinski definition) is 2. The smallest absolute Gasteiger partial charge is 0.322 e. The molecule has 0 saturated carbocycles. The van der Waals surface area contributed by atoms with Crippen LogP contribution in [-0.4, -0.2) is 83.9 Å². The molecule has 10 nitrogen and oxygen atoms in total. The van der Waals surface area contributed by atoms with Gasteiger partial charge in [-0.25, -0.2) is 0 Å². The van der Waals surface area contributed by atoms with Crippen molar-refractivity contribution in [1.29, 1.82) is 0 Å². The van der Waals surface area contributed by atoms with Crippen molar-refractivity contribution in [3.8, 4) is 17.2 Å². The van der Waals surface area contributed by atoms with Gasteiger partial charge in [-0.15, -0.1) is 5.10 Å². The lowest BCUT2D eigenvalue weighted by Gasteiger charge is -2.18. The summed E-state index contributed by atoms with van der Waals surface area (Å²) in [6.07, 6.45) is 1.06. The fraction of sp³-hybridized carbons (Fsp3) is 0.474. The summed E-state index contributed by atoms with van der Waals surface area (Å²) in [5.41, 5.74) is 0.706. The van der Waals surface area contributed by atoms with Crippen molar-refractivity contribution < 1.29 is 23.8 Å². The van der Waals surface area contributed by atoms with Crippen LogP contribution in [0.5, 0.6) is 5.75 Å². The van der Waals surface area contributed by atoms with Gasteiger partial charge in [-0.2, -0.15) is 0 Å². The first kappa shape index (κ1) is 22.3. The summed E-state index contributed by atoms with van der Waals surface area (Å²) < 4.78 is 11.2. The lowest BCUT2D eigenvalue weighted by molar-refractivity contribution is -0.123. The van der Waals surface area contributed by atoms with E-state index in [9.17, 15) is 4.79 Å². The Morgan fingerprint density at radius 3 is 2.79 bits per heavy atom. The zero-order chi connectivity index (χ0) is 21.1. The number of hydrogen-bond acceptors (Lipinski definition) is 8. The third-order valence-electron chi connectivity index (χ3n) is 4.27. The number of para-hydroxylation sites is 1. The van der Waals surface area contributed by atoms with Crippen molar-refractivity contribution in [2.24, 2.45) is 0 Å². The molecule has 1 aromatic carbocycles. The number of amides is 1. The molecule has 2 aromatic rings. The molecule has 2 N–H and O–H groups in total. The van der Waals surface area contributed by atoms with Crippen molar-refractivity contribution in [2.75, 3.05) is 51.7 Å². The molecule has 0 aliphatic carbocycles. The molecule has 2 heterocycles. The number of carbonyl (C=O) groups is 2. The lowest BCUT2D eigenvalue weighted by Crippen LogP contribution is -2.35.